The Kier molecular flexibility index (Phi) is 6.06. The molecule has 0 atom stereocenters. The summed E-state index contributed by atoms with van der Waals surface area (Å²) < 4.78 is 37.4. The van der Waals surface area contributed by atoms with Gasteiger partial charge in [0.15, 0.2) is 0 Å². The Hall–Kier alpha value is -1.93. The molecule has 1 aliphatic rings. The summed E-state index contributed by atoms with van der Waals surface area (Å²) in [5, 5.41) is 0. The summed E-state index contributed by atoms with van der Waals surface area (Å²) in [5.74, 6) is 0.107. The second-order valence-corrected chi connectivity index (χ2v) is 10.6. The molecule has 160 valence electrons. The topological polar surface area (TPSA) is 87.5 Å². The number of hydrogen-bond donors (Lipinski definition) is 0. The van der Waals surface area contributed by atoms with Crippen molar-refractivity contribution in [1.29, 1.82) is 0 Å². The third-order valence-electron chi connectivity index (χ3n) is 5.12. The first kappa shape index (κ1) is 21.8. The van der Waals surface area contributed by atoms with Crippen LogP contribution in [0.3, 0.4) is 0 Å². The van der Waals surface area contributed by atoms with Crippen LogP contribution in [0, 0.1) is 11.8 Å². The maximum absolute atomic E-state index is 12.5. The molecule has 0 spiro atoms. The zero-order valence-electron chi connectivity index (χ0n) is 17.8. The van der Waals surface area contributed by atoms with E-state index < -0.39 is 22.0 Å². The fourth-order valence-corrected chi connectivity index (χ4v) is 4.46. The van der Waals surface area contributed by atoms with Gasteiger partial charge in [-0.2, -0.15) is 8.42 Å². The third-order valence-corrected chi connectivity index (χ3v) is 6.34. The normalized spacial score (nSPS) is 16.5. The highest BCUT2D eigenvalue weighted by molar-refractivity contribution is 7.87. The highest BCUT2D eigenvalue weighted by Crippen LogP contribution is 2.30. The number of carbonyl (C=O) groups excluding carboxylic acids is 1. The number of benzene rings is 1. The zero-order chi connectivity index (χ0) is 21.4. The zero-order valence-corrected chi connectivity index (χ0v) is 18.6. The fourth-order valence-electron chi connectivity index (χ4n) is 3.46. The van der Waals surface area contributed by atoms with Gasteiger partial charge in [0.2, 0.25) is 0 Å². The van der Waals surface area contributed by atoms with Crippen LogP contribution in [0.1, 0.15) is 53.3 Å². The van der Waals surface area contributed by atoms with Crippen LogP contribution in [0.4, 0.5) is 0 Å². The van der Waals surface area contributed by atoms with Crippen LogP contribution in [0.2, 0.25) is 0 Å². The predicted octanol–water partition coefficient (Wildman–Crippen LogP) is 3.65. The summed E-state index contributed by atoms with van der Waals surface area (Å²) in [6.07, 6.45) is 2.00. The second-order valence-electron chi connectivity index (χ2n) is 9.01. The van der Waals surface area contributed by atoms with E-state index >= 15 is 0 Å². The molecule has 29 heavy (non-hydrogen) atoms. The van der Waals surface area contributed by atoms with Gasteiger partial charge in [0.05, 0.1) is 17.0 Å². The number of fused-ring (bicyclic) bond motifs is 1. The standard InChI is InChI=1S/C21H30N2O5S/c1-14(2)19(24)28-29(25,26)16-6-7-18-17(12-16)22-20(21(3,4)5)23(18)13-15-8-10-27-11-9-15/h6-7,12,14-15H,8-11,13H2,1-5H3. The van der Waals surface area contributed by atoms with Crippen molar-refractivity contribution < 1.29 is 22.1 Å². The number of nitrogens with zero attached hydrogens (tertiary/aromatic N) is 2. The fraction of sp³-hybridized carbons (Fsp3) is 0.619. The van der Waals surface area contributed by atoms with E-state index in [1.165, 1.54) is 12.1 Å². The van der Waals surface area contributed by atoms with Gasteiger partial charge in [0, 0.05) is 25.2 Å². The highest BCUT2D eigenvalue weighted by atomic mass is 32.2. The van der Waals surface area contributed by atoms with E-state index in [4.69, 9.17) is 13.9 Å². The minimum Gasteiger partial charge on any atom is -0.381 e. The van der Waals surface area contributed by atoms with Gasteiger partial charge in [0.25, 0.3) is 0 Å². The minimum atomic E-state index is -4.18. The maximum atomic E-state index is 12.5. The predicted molar refractivity (Wildman–Crippen MR) is 110 cm³/mol. The van der Waals surface area contributed by atoms with Crippen molar-refractivity contribution in [2.24, 2.45) is 11.8 Å². The molecule has 2 aromatic rings. The number of hydrogen-bond acceptors (Lipinski definition) is 6. The van der Waals surface area contributed by atoms with Crippen LogP contribution in [0.5, 0.6) is 0 Å². The molecule has 0 saturated carbocycles. The Morgan fingerprint density at radius 2 is 1.93 bits per heavy atom. The van der Waals surface area contributed by atoms with E-state index in [2.05, 4.69) is 25.3 Å². The average molecular weight is 423 g/mol. The molecule has 0 bridgehead atoms. The molecule has 0 radical (unpaired) electrons. The Balaban J connectivity index is 2.02. The van der Waals surface area contributed by atoms with Gasteiger partial charge in [-0.15, -0.1) is 0 Å². The van der Waals surface area contributed by atoms with Crippen LogP contribution < -0.4 is 0 Å². The van der Waals surface area contributed by atoms with Crippen molar-refractivity contribution in [1.82, 2.24) is 9.55 Å². The van der Waals surface area contributed by atoms with Crippen LogP contribution in [0.25, 0.3) is 11.0 Å². The van der Waals surface area contributed by atoms with Crippen LogP contribution in [-0.2, 0) is 35.8 Å². The van der Waals surface area contributed by atoms with Gasteiger partial charge in [-0.25, -0.2) is 4.98 Å². The van der Waals surface area contributed by atoms with Crippen LogP contribution in [-0.4, -0.2) is 37.2 Å². The van der Waals surface area contributed by atoms with Crippen molar-refractivity contribution in [2.45, 2.75) is 64.3 Å². The molecule has 0 unspecified atom stereocenters. The van der Waals surface area contributed by atoms with Crippen LogP contribution >= 0.6 is 0 Å². The van der Waals surface area contributed by atoms with Crippen molar-refractivity contribution in [2.75, 3.05) is 13.2 Å². The van der Waals surface area contributed by atoms with Crippen molar-refractivity contribution in [3.63, 3.8) is 0 Å². The molecule has 0 N–H and O–H groups in total. The van der Waals surface area contributed by atoms with Crippen molar-refractivity contribution in [3.8, 4) is 0 Å². The monoisotopic (exact) mass is 422 g/mol. The molecule has 8 heteroatoms. The van der Waals surface area contributed by atoms with Crippen molar-refractivity contribution >= 4 is 27.1 Å². The smallest absolute Gasteiger partial charge is 0.341 e. The summed E-state index contributed by atoms with van der Waals surface area (Å²) in [6.45, 7) is 11.8. The first-order valence-electron chi connectivity index (χ1n) is 10.1. The molecule has 2 heterocycles. The number of carbonyl (C=O) groups is 1. The molecule has 0 amide bonds. The van der Waals surface area contributed by atoms with Gasteiger partial charge in [-0.1, -0.05) is 34.6 Å². The molecule has 3 rings (SSSR count). The Bertz CT molecular complexity index is 996. The lowest BCUT2D eigenvalue weighted by Crippen LogP contribution is -2.25. The summed E-state index contributed by atoms with van der Waals surface area (Å²) in [6, 6.07) is 4.74. The summed E-state index contributed by atoms with van der Waals surface area (Å²) >= 11 is 0. The molecule has 1 aliphatic heterocycles. The number of imidazole rings is 1. The lowest BCUT2D eigenvalue weighted by atomic mass is 9.94. The molecule has 1 fully saturated rings. The van der Waals surface area contributed by atoms with E-state index in [0.717, 1.165) is 43.9 Å². The van der Waals surface area contributed by atoms with Crippen LogP contribution in [0.15, 0.2) is 23.1 Å². The van der Waals surface area contributed by atoms with E-state index in [9.17, 15) is 13.2 Å². The lowest BCUT2D eigenvalue weighted by molar-refractivity contribution is -0.137. The summed E-state index contributed by atoms with van der Waals surface area (Å²) in [5.41, 5.74) is 1.27. The number of rotatable bonds is 5. The minimum absolute atomic E-state index is 0.0600. The third kappa shape index (κ3) is 4.80. The molecule has 7 nitrogen and oxygen atoms in total. The molecule has 1 aromatic carbocycles. The Morgan fingerprint density at radius 1 is 1.28 bits per heavy atom. The van der Waals surface area contributed by atoms with Gasteiger partial charge in [-0.05, 0) is 37.0 Å². The molecular formula is C21H30N2O5S. The molecular weight excluding hydrogens is 392 g/mol. The van der Waals surface area contributed by atoms with Gasteiger partial charge in [-0.3, -0.25) is 4.79 Å². The lowest BCUT2D eigenvalue weighted by Gasteiger charge is -2.26. The second kappa shape index (κ2) is 8.07. The quantitative estimate of drug-likeness (QED) is 0.684. The van der Waals surface area contributed by atoms with Gasteiger partial charge >= 0.3 is 16.1 Å². The first-order chi connectivity index (χ1) is 13.5. The van der Waals surface area contributed by atoms with Gasteiger partial charge in [0.1, 0.15) is 10.7 Å². The van der Waals surface area contributed by atoms with E-state index in [1.54, 1.807) is 19.9 Å². The molecule has 1 saturated heterocycles. The molecule has 0 aliphatic carbocycles. The number of ether oxygens (including phenoxy) is 1. The van der Waals surface area contributed by atoms with Crippen molar-refractivity contribution in [3.05, 3.63) is 24.0 Å². The first-order valence-corrected chi connectivity index (χ1v) is 11.5. The van der Waals surface area contributed by atoms with E-state index in [-0.39, 0.29) is 10.3 Å². The van der Waals surface area contributed by atoms with Gasteiger partial charge < -0.3 is 13.5 Å². The van der Waals surface area contributed by atoms with E-state index in [1.807, 2.05) is 0 Å². The SMILES string of the molecule is CC(C)C(=O)OS(=O)(=O)c1ccc2c(c1)nc(C(C)(C)C)n2CC1CCOCC1. The highest BCUT2D eigenvalue weighted by Gasteiger charge is 2.27. The average Bonchev–Trinajstić information content (AvgIpc) is 3.00. The van der Waals surface area contributed by atoms with E-state index in [0.29, 0.717) is 11.4 Å². The summed E-state index contributed by atoms with van der Waals surface area (Å²) in [4.78, 5) is 16.5. The summed E-state index contributed by atoms with van der Waals surface area (Å²) in [7, 11) is -4.18. The molecule has 1 aromatic heterocycles. The number of aromatic nitrogens is 2. The maximum Gasteiger partial charge on any atom is 0.341 e. The Morgan fingerprint density at radius 3 is 2.52 bits per heavy atom. The largest absolute Gasteiger partial charge is 0.381 e. The Labute approximate surface area is 172 Å².